The zero-order chi connectivity index (χ0) is 12.0. The molecule has 1 aromatic rings. The third kappa shape index (κ3) is 4.36. The molecular formula is C13H21ClN2O. The van der Waals surface area contributed by atoms with Crippen LogP contribution in [0.25, 0.3) is 0 Å². The van der Waals surface area contributed by atoms with Crippen LogP contribution >= 0.6 is 12.4 Å². The molecule has 0 saturated carbocycles. The highest BCUT2D eigenvalue weighted by Gasteiger charge is 2.28. The first-order chi connectivity index (χ1) is 7.59. The number of amides is 1. The van der Waals surface area contributed by atoms with Crippen molar-refractivity contribution in [3.05, 3.63) is 35.9 Å². The van der Waals surface area contributed by atoms with E-state index in [-0.39, 0.29) is 18.3 Å². The van der Waals surface area contributed by atoms with Gasteiger partial charge in [-0.05, 0) is 32.4 Å². The van der Waals surface area contributed by atoms with Gasteiger partial charge < -0.3 is 11.1 Å². The smallest absolute Gasteiger partial charge is 0.230 e. The van der Waals surface area contributed by atoms with E-state index in [1.807, 2.05) is 44.2 Å². The summed E-state index contributed by atoms with van der Waals surface area (Å²) in [7, 11) is 0. The number of hydrogen-bond acceptors (Lipinski definition) is 2. The molecule has 0 aromatic heterocycles. The van der Waals surface area contributed by atoms with Crippen molar-refractivity contribution in [2.24, 2.45) is 5.73 Å². The van der Waals surface area contributed by atoms with Crippen molar-refractivity contribution in [1.82, 2.24) is 5.32 Å². The van der Waals surface area contributed by atoms with Crippen LogP contribution in [-0.2, 0) is 10.2 Å². The van der Waals surface area contributed by atoms with Crippen molar-refractivity contribution >= 4 is 18.3 Å². The Labute approximate surface area is 109 Å². The number of rotatable bonds is 5. The second-order valence-corrected chi connectivity index (χ2v) is 4.39. The third-order valence-electron chi connectivity index (χ3n) is 2.73. The van der Waals surface area contributed by atoms with Crippen LogP contribution in [0.15, 0.2) is 30.3 Å². The van der Waals surface area contributed by atoms with Gasteiger partial charge in [0.2, 0.25) is 5.91 Å². The van der Waals surface area contributed by atoms with Crippen LogP contribution in [0.2, 0.25) is 0 Å². The summed E-state index contributed by atoms with van der Waals surface area (Å²) in [6.45, 7) is 5.11. The van der Waals surface area contributed by atoms with Gasteiger partial charge >= 0.3 is 0 Å². The molecule has 96 valence electrons. The van der Waals surface area contributed by atoms with Gasteiger partial charge in [0, 0.05) is 6.54 Å². The first kappa shape index (κ1) is 15.9. The maximum Gasteiger partial charge on any atom is 0.230 e. The summed E-state index contributed by atoms with van der Waals surface area (Å²) in [5.41, 5.74) is 5.92. The molecule has 0 saturated heterocycles. The molecule has 1 rings (SSSR count). The quantitative estimate of drug-likeness (QED) is 0.790. The molecule has 0 spiro atoms. The van der Waals surface area contributed by atoms with Crippen LogP contribution in [0.1, 0.15) is 25.8 Å². The Hall–Kier alpha value is -1.06. The highest BCUT2D eigenvalue weighted by molar-refractivity contribution is 5.87. The fourth-order valence-electron chi connectivity index (χ4n) is 1.51. The lowest BCUT2D eigenvalue weighted by molar-refractivity contribution is -0.125. The summed E-state index contributed by atoms with van der Waals surface area (Å²) < 4.78 is 0. The minimum Gasteiger partial charge on any atom is -0.355 e. The van der Waals surface area contributed by atoms with Gasteiger partial charge in [-0.25, -0.2) is 0 Å². The van der Waals surface area contributed by atoms with E-state index in [4.69, 9.17) is 5.73 Å². The van der Waals surface area contributed by atoms with E-state index in [0.29, 0.717) is 13.1 Å². The molecule has 3 N–H and O–H groups in total. The average molecular weight is 257 g/mol. The van der Waals surface area contributed by atoms with Gasteiger partial charge in [0.25, 0.3) is 0 Å². The van der Waals surface area contributed by atoms with Crippen LogP contribution in [0.5, 0.6) is 0 Å². The average Bonchev–Trinajstić information content (AvgIpc) is 2.30. The van der Waals surface area contributed by atoms with Crippen LogP contribution in [0, 0.1) is 0 Å². The van der Waals surface area contributed by atoms with Crippen molar-refractivity contribution in [3.63, 3.8) is 0 Å². The summed E-state index contributed by atoms with van der Waals surface area (Å²) in [5, 5.41) is 2.90. The molecule has 1 amide bonds. The number of nitrogens with two attached hydrogens (primary N) is 1. The molecule has 0 aliphatic heterocycles. The van der Waals surface area contributed by atoms with E-state index in [0.717, 1.165) is 12.0 Å². The summed E-state index contributed by atoms with van der Waals surface area (Å²) in [5.74, 6) is 0.0483. The number of halogens is 1. The van der Waals surface area contributed by atoms with E-state index >= 15 is 0 Å². The summed E-state index contributed by atoms with van der Waals surface area (Å²) in [6.07, 6.45) is 0.816. The molecular weight excluding hydrogens is 236 g/mol. The van der Waals surface area contributed by atoms with Gasteiger partial charge in [-0.2, -0.15) is 0 Å². The predicted octanol–water partition coefficient (Wildman–Crippen LogP) is 1.85. The Morgan fingerprint density at radius 1 is 1.29 bits per heavy atom. The lowest BCUT2D eigenvalue weighted by Gasteiger charge is -2.24. The number of benzene rings is 1. The van der Waals surface area contributed by atoms with E-state index in [2.05, 4.69) is 5.32 Å². The SMILES string of the molecule is CC(C)(C(=O)NCCCN)c1ccccc1.Cl. The summed E-state index contributed by atoms with van der Waals surface area (Å²) in [6, 6.07) is 9.80. The highest BCUT2D eigenvalue weighted by atomic mass is 35.5. The molecule has 0 aliphatic carbocycles. The van der Waals surface area contributed by atoms with Crippen molar-refractivity contribution in [1.29, 1.82) is 0 Å². The Morgan fingerprint density at radius 2 is 1.88 bits per heavy atom. The maximum absolute atomic E-state index is 12.0. The van der Waals surface area contributed by atoms with Crippen LogP contribution in [0.4, 0.5) is 0 Å². The lowest BCUT2D eigenvalue weighted by Crippen LogP contribution is -2.40. The summed E-state index contributed by atoms with van der Waals surface area (Å²) in [4.78, 5) is 12.0. The molecule has 0 atom stereocenters. The molecule has 0 aliphatic rings. The monoisotopic (exact) mass is 256 g/mol. The second kappa shape index (κ2) is 7.30. The minimum atomic E-state index is -0.490. The zero-order valence-corrected chi connectivity index (χ0v) is 11.2. The van der Waals surface area contributed by atoms with Gasteiger partial charge in [0.15, 0.2) is 0 Å². The minimum absolute atomic E-state index is 0. The molecule has 0 unspecified atom stereocenters. The Kier molecular flexibility index (Phi) is 6.85. The van der Waals surface area contributed by atoms with Gasteiger partial charge in [-0.3, -0.25) is 4.79 Å². The number of hydrogen-bond donors (Lipinski definition) is 2. The predicted molar refractivity (Wildman–Crippen MR) is 73.4 cm³/mol. The molecule has 1 aromatic carbocycles. The number of carbonyl (C=O) groups excluding carboxylic acids is 1. The zero-order valence-electron chi connectivity index (χ0n) is 10.4. The van der Waals surface area contributed by atoms with Crippen LogP contribution in [0.3, 0.4) is 0 Å². The molecule has 0 radical (unpaired) electrons. The largest absolute Gasteiger partial charge is 0.355 e. The molecule has 17 heavy (non-hydrogen) atoms. The van der Waals surface area contributed by atoms with E-state index in [9.17, 15) is 4.79 Å². The Balaban J connectivity index is 0.00000256. The fraction of sp³-hybridized carbons (Fsp3) is 0.462. The number of nitrogens with one attached hydrogen (secondary N) is 1. The molecule has 0 fully saturated rings. The van der Waals surface area contributed by atoms with Crippen molar-refractivity contribution in [3.8, 4) is 0 Å². The van der Waals surface area contributed by atoms with Gasteiger partial charge in [0.1, 0.15) is 0 Å². The van der Waals surface area contributed by atoms with Crippen LogP contribution < -0.4 is 11.1 Å². The van der Waals surface area contributed by atoms with Gasteiger partial charge in [-0.15, -0.1) is 12.4 Å². The fourth-order valence-corrected chi connectivity index (χ4v) is 1.51. The van der Waals surface area contributed by atoms with Gasteiger partial charge in [0.05, 0.1) is 5.41 Å². The van der Waals surface area contributed by atoms with Crippen LogP contribution in [-0.4, -0.2) is 19.0 Å². The standard InChI is InChI=1S/C13H20N2O.ClH/c1-13(2,11-7-4-3-5-8-11)12(16)15-10-6-9-14;/h3-5,7-8H,6,9-10,14H2,1-2H3,(H,15,16);1H. The first-order valence-electron chi connectivity index (χ1n) is 5.63. The van der Waals surface area contributed by atoms with E-state index in [1.165, 1.54) is 0 Å². The molecule has 0 heterocycles. The normalized spacial score (nSPS) is 10.5. The Bertz CT molecular complexity index is 339. The molecule has 4 heteroatoms. The molecule has 3 nitrogen and oxygen atoms in total. The second-order valence-electron chi connectivity index (χ2n) is 4.39. The van der Waals surface area contributed by atoms with E-state index < -0.39 is 5.41 Å². The van der Waals surface area contributed by atoms with Gasteiger partial charge in [-0.1, -0.05) is 30.3 Å². The van der Waals surface area contributed by atoms with Crippen molar-refractivity contribution < 1.29 is 4.79 Å². The maximum atomic E-state index is 12.0. The van der Waals surface area contributed by atoms with Crippen molar-refractivity contribution in [2.75, 3.05) is 13.1 Å². The first-order valence-corrected chi connectivity index (χ1v) is 5.63. The highest BCUT2D eigenvalue weighted by Crippen LogP contribution is 2.22. The summed E-state index contributed by atoms with van der Waals surface area (Å²) >= 11 is 0. The number of carbonyl (C=O) groups is 1. The molecule has 0 bridgehead atoms. The van der Waals surface area contributed by atoms with Crippen molar-refractivity contribution in [2.45, 2.75) is 25.7 Å². The Morgan fingerprint density at radius 3 is 2.41 bits per heavy atom. The lowest BCUT2D eigenvalue weighted by atomic mass is 9.84. The van der Waals surface area contributed by atoms with E-state index in [1.54, 1.807) is 0 Å². The topological polar surface area (TPSA) is 55.1 Å². The third-order valence-corrected chi connectivity index (χ3v) is 2.73.